The summed E-state index contributed by atoms with van der Waals surface area (Å²) in [6.45, 7) is 1.71. The van der Waals surface area contributed by atoms with Crippen LogP contribution < -0.4 is 5.73 Å². The Bertz CT molecular complexity index is 478. The molecule has 1 atom stereocenters. The summed E-state index contributed by atoms with van der Waals surface area (Å²) in [4.78, 5) is 0. The van der Waals surface area contributed by atoms with E-state index in [1.165, 1.54) is 0 Å². The summed E-state index contributed by atoms with van der Waals surface area (Å²) < 4.78 is 1.70. The lowest BCUT2D eigenvalue weighted by Crippen LogP contribution is -2.42. The third-order valence-corrected chi connectivity index (χ3v) is 2.51. The molecule has 0 radical (unpaired) electrons. The summed E-state index contributed by atoms with van der Waals surface area (Å²) >= 11 is 0. The van der Waals surface area contributed by atoms with Crippen LogP contribution in [0.1, 0.15) is 12.6 Å². The molecule has 3 N–H and O–H groups in total. The largest absolute Gasteiger partial charge is 0.394 e. The van der Waals surface area contributed by atoms with Crippen molar-refractivity contribution in [2.45, 2.75) is 18.9 Å². The average Bonchev–Trinajstić information content (AvgIpc) is 2.78. The van der Waals surface area contributed by atoms with Gasteiger partial charge in [0.25, 0.3) is 0 Å². The van der Waals surface area contributed by atoms with Crippen LogP contribution in [0.15, 0.2) is 36.5 Å². The number of rotatable bonds is 4. The number of para-hydroxylation sites is 1. The van der Waals surface area contributed by atoms with Crippen LogP contribution in [0.25, 0.3) is 5.69 Å². The van der Waals surface area contributed by atoms with Gasteiger partial charge in [0, 0.05) is 12.0 Å². The molecule has 90 valence electrons. The van der Waals surface area contributed by atoms with Gasteiger partial charge in [-0.25, -0.2) is 4.68 Å². The van der Waals surface area contributed by atoms with Gasteiger partial charge < -0.3 is 10.8 Å². The third-order valence-electron chi connectivity index (χ3n) is 2.51. The number of hydrogen-bond donors (Lipinski definition) is 2. The number of aliphatic hydroxyl groups excluding tert-OH is 1. The van der Waals surface area contributed by atoms with E-state index in [1.807, 2.05) is 36.5 Å². The second kappa shape index (κ2) is 4.65. The van der Waals surface area contributed by atoms with Crippen molar-refractivity contribution >= 4 is 0 Å². The van der Waals surface area contributed by atoms with E-state index in [1.54, 1.807) is 11.6 Å². The first-order valence-corrected chi connectivity index (χ1v) is 5.47. The minimum atomic E-state index is -0.655. The Morgan fingerprint density at radius 3 is 2.71 bits per heavy atom. The van der Waals surface area contributed by atoms with E-state index in [2.05, 4.69) is 10.3 Å². The van der Waals surface area contributed by atoms with Crippen LogP contribution in [0, 0.1) is 0 Å². The number of benzene rings is 1. The fourth-order valence-electron chi connectivity index (χ4n) is 1.56. The van der Waals surface area contributed by atoms with Crippen molar-refractivity contribution in [1.82, 2.24) is 15.0 Å². The lowest BCUT2D eigenvalue weighted by atomic mass is 9.99. The number of nitrogens with zero attached hydrogens (tertiary/aromatic N) is 3. The van der Waals surface area contributed by atoms with E-state index in [-0.39, 0.29) is 6.61 Å². The van der Waals surface area contributed by atoms with Gasteiger partial charge in [0.15, 0.2) is 0 Å². The van der Waals surface area contributed by atoms with Crippen molar-refractivity contribution in [2.75, 3.05) is 6.61 Å². The number of aromatic nitrogens is 3. The summed E-state index contributed by atoms with van der Waals surface area (Å²) in [5.74, 6) is 0. The Kier molecular flexibility index (Phi) is 3.21. The molecule has 2 aromatic rings. The maximum atomic E-state index is 9.10. The second-order valence-electron chi connectivity index (χ2n) is 4.48. The van der Waals surface area contributed by atoms with Crippen LogP contribution in [0.3, 0.4) is 0 Å². The Morgan fingerprint density at radius 2 is 2.06 bits per heavy atom. The highest BCUT2D eigenvalue weighted by atomic mass is 16.3. The van der Waals surface area contributed by atoms with Gasteiger partial charge in [0.05, 0.1) is 24.2 Å². The Labute approximate surface area is 99.9 Å². The smallest absolute Gasteiger partial charge is 0.0850 e. The molecule has 1 aromatic heterocycles. The maximum Gasteiger partial charge on any atom is 0.0850 e. The summed E-state index contributed by atoms with van der Waals surface area (Å²) in [5, 5.41) is 17.2. The first kappa shape index (κ1) is 11.8. The highest BCUT2D eigenvalue weighted by molar-refractivity contribution is 5.30. The summed E-state index contributed by atoms with van der Waals surface area (Å²) in [7, 11) is 0. The van der Waals surface area contributed by atoms with E-state index >= 15 is 0 Å². The van der Waals surface area contributed by atoms with Gasteiger partial charge in [-0.15, -0.1) is 5.10 Å². The van der Waals surface area contributed by atoms with E-state index in [0.29, 0.717) is 6.42 Å². The monoisotopic (exact) mass is 232 g/mol. The van der Waals surface area contributed by atoms with Gasteiger partial charge in [-0.2, -0.15) is 0 Å². The van der Waals surface area contributed by atoms with E-state index in [0.717, 1.165) is 11.4 Å². The molecule has 0 amide bonds. The van der Waals surface area contributed by atoms with Crippen LogP contribution in [0.4, 0.5) is 0 Å². The van der Waals surface area contributed by atoms with E-state index in [4.69, 9.17) is 10.8 Å². The van der Waals surface area contributed by atoms with Crippen LogP contribution in [-0.2, 0) is 6.42 Å². The Hall–Kier alpha value is -1.72. The minimum Gasteiger partial charge on any atom is -0.394 e. The normalized spacial score (nSPS) is 14.5. The average molecular weight is 232 g/mol. The second-order valence-corrected chi connectivity index (χ2v) is 4.48. The fraction of sp³-hybridized carbons (Fsp3) is 0.333. The van der Waals surface area contributed by atoms with Gasteiger partial charge in [0.2, 0.25) is 0 Å². The SMILES string of the molecule is CC(N)(CO)Cc1cn(-c2ccccc2)nn1. The molecule has 5 nitrogen and oxygen atoms in total. The molecule has 0 aliphatic carbocycles. The zero-order chi connectivity index (χ0) is 12.3. The standard InChI is InChI=1S/C12H16N4O/c1-12(13,9-17)7-10-8-16(15-14-10)11-5-3-2-4-6-11/h2-6,8,17H,7,9,13H2,1H3. The number of nitrogens with two attached hydrogens (primary N) is 1. The van der Waals surface area contributed by atoms with Crippen LogP contribution in [0.2, 0.25) is 0 Å². The van der Waals surface area contributed by atoms with E-state index < -0.39 is 5.54 Å². The van der Waals surface area contributed by atoms with Crippen molar-refractivity contribution in [2.24, 2.45) is 5.73 Å². The van der Waals surface area contributed by atoms with Crippen LogP contribution in [-0.4, -0.2) is 32.2 Å². The summed E-state index contributed by atoms with van der Waals surface area (Å²) in [5.41, 5.74) is 6.94. The molecular formula is C12H16N4O. The molecule has 0 fully saturated rings. The highest BCUT2D eigenvalue weighted by Gasteiger charge is 2.19. The predicted octanol–water partition coefficient (Wildman–Crippen LogP) is 0.519. The van der Waals surface area contributed by atoms with Crippen molar-refractivity contribution in [3.05, 3.63) is 42.2 Å². The zero-order valence-electron chi connectivity index (χ0n) is 9.74. The lowest BCUT2D eigenvalue weighted by Gasteiger charge is -2.19. The van der Waals surface area contributed by atoms with Crippen LogP contribution in [0.5, 0.6) is 0 Å². The molecule has 0 saturated heterocycles. The summed E-state index contributed by atoms with van der Waals surface area (Å²) in [6.07, 6.45) is 2.33. The van der Waals surface area contributed by atoms with E-state index in [9.17, 15) is 0 Å². The maximum absolute atomic E-state index is 9.10. The van der Waals surface area contributed by atoms with Crippen molar-refractivity contribution in [3.63, 3.8) is 0 Å². The molecule has 2 rings (SSSR count). The molecule has 0 aliphatic heterocycles. The molecule has 1 aromatic carbocycles. The van der Waals surface area contributed by atoms with Gasteiger partial charge >= 0.3 is 0 Å². The number of aliphatic hydroxyl groups is 1. The topological polar surface area (TPSA) is 77.0 Å². The van der Waals surface area contributed by atoms with Gasteiger partial charge in [-0.05, 0) is 19.1 Å². The molecule has 5 heteroatoms. The third kappa shape index (κ3) is 2.89. The molecule has 1 unspecified atom stereocenters. The lowest BCUT2D eigenvalue weighted by molar-refractivity contribution is 0.207. The first-order valence-electron chi connectivity index (χ1n) is 5.47. The molecular weight excluding hydrogens is 216 g/mol. The Morgan fingerprint density at radius 1 is 1.35 bits per heavy atom. The van der Waals surface area contributed by atoms with Crippen molar-refractivity contribution < 1.29 is 5.11 Å². The highest BCUT2D eigenvalue weighted by Crippen LogP contribution is 2.10. The van der Waals surface area contributed by atoms with Crippen molar-refractivity contribution in [3.8, 4) is 5.69 Å². The number of hydrogen-bond acceptors (Lipinski definition) is 4. The van der Waals surface area contributed by atoms with Gasteiger partial charge in [-0.3, -0.25) is 0 Å². The van der Waals surface area contributed by atoms with Crippen LogP contribution >= 0.6 is 0 Å². The summed E-state index contributed by atoms with van der Waals surface area (Å²) in [6, 6.07) is 9.73. The van der Waals surface area contributed by atoms with Gasteiger partial charge in [-0.1, -0.05) is 23.4 Å². The molecule has 1 heterocycles. The molecule has 0 saturated carbocycles. The Balaban J connectivity index is 2.17. The fourth-order valence-corrected chi connectivity index (χ4v) is 1.56. The zero-order valence-corrected chi connectivity index (χ0v) is 9.74. The first-order chi connectivity index (χ1) is 8.11. The molecule has 0 aliphatic rings. The minimum absolute atomic E-state index is 0.0782. The molecule has 17 heavy (non-hydrogen) atoms. The molecule has 0 spiro atoms. The van der Waals surface area contributed by atoms with Gasteiger partial charge in [0.1, 0.15) is 0 Å². The predicted molar refractivity (Wildman–Crippen MR) is 64.7 cm³/mol. The molecule has 0 bridgehead atoms. The van der Waals surface area contributed by atoms with Crippen molar-refractivity contribution in [1.29, 1.82) is 0 Å². The quantitative estimate of drug-likeness (QED) is 0.805.